The van der Waals surface area contributed by atoms with Crippen LogP contribution in [0.3, 0.4) is 0 Å². The van der Waals surface area contributed by atoms with E-state index in [4.69, 9.17) is 14.3 Å². The Kier molecular flexibility index (Phi) is 5.23. The summed E-state index contributed by atoms with van der Waals surface area (Å²) in [5.41, 5.74) is 3.17. The fraction of sp³-hybridized carbons (Fsp3) is 0.0769. The summed E-state index contributed by atoms with van der Waals surface area (Å²) in [4.78, 5) is 18.1. The Morgan fingerprint density at radius 1 is 1.03 bits per heavy atom. The summed E-state index contributed by atoms with van der Waals surface area (Å²) in [6.07, 6.45) is 5.31. The van der Waals surface area contributed by atoms with Gasteiger partial charge >= 0.3 is 0 Å². The number of furan rings is 1. The zero-order chi connectivity index (χ0) is 23.8. The number of nitrogens with zero attached hydrogens (tertiary/aromatic N) is 5. The van der Waals surface area contributed by atoms with Crippen LogP contribution in [0.25, 0.3) is 39.6 Å². The highest BCUT2D eigenvalue weighted by molar-refractivity contribution is 7.15. The molecule has 4 aromatic heterocycles. The third-order valence-electron chi connectivity index (χ3n) is 5.41. The predicted octanol–water partition coefficient (Wildman–Crippen LogP) is 4.21. The van der Waals surface area contributed by atoms with E-state index in [0.717, 1.165) is 28.3 Å². The van der Waals surface area contributed by atoms with E-state index in [9.17, 15) is 4.79 Å². The third kappa shape index (κ3) is 3.91. The van der Waals surface area contributed by atoms with Crippen LogP contribution in [0.4, 0.5) is 0 Å². The molecule has 0 amide bonds. The summed E-state index contributed by atoms with van der Waals surface area (Å²) in [5.74, 6) is 1.70. The van der Waals surface area contributed by atoms with Crippen molar-refractivity contribution in [3.8, 4) is 34.3 Å². The zero-order valence-electron chi connectivity index (χ0n) is 18.7. The molecule has 0 radical (unpaired) electrons. The largest absolute Gasteiger partial charge is 0.494 e. The highest BCUT2D eigenvalue weighted by atomic mass is 32.1. The molecule has 0 spiro atoms. The van der Waals surface area contributed by atoms with Crippen LogP contribution in [-0.2, 0) is 0 Å². The molecule has 0 unspecified atom stereocenters. The van der Waals surface area contributed by atoms with Crippen LogP contribution >= 0.6 is 11.3 Å². The average molecular weight is 482 g/mol. The average Bonchev–Trinajstić information content (AvgIpc) is 3.67. The maximum absolute atomic E-state index is 13.1. The number of aromatic nitrogens is 5. The minimum atomic E-state index is -0.236. The summed E-state index contributed by atoms with van der Waals surface area (Å²) >= 11 is 1.28. The monoisotopic (exact) mass is 481 g/mol. The predicted molar refractivity (Wildman–Crippen MR) is 134 cm³/mol. The molecule has 0 atom stereocenters. The first-order valence-electron chi connectivity index (χ1n) is 11.0. The van der Waals surface area contributed by atoms with Gasteiger partial charge < -0.3 is 9.15 Å². The van der Waals surface area contributed by atoms with E-state index in [1.165, 1.54) is 15.9 Å². The van der Waals surface area contributed by atoms with Gasteiger partial charge in [0.2, 0.25) is 10.8 Å². The minimum Gasteiger partial charge on any atom is -0.494 e. The molecule has 0 aliphatic carbocycles. The fourth-order valence-electron chi connectivity index (χ4n) is 3.79. The van der Waals surface area contributed by atoms with Gasteiger partial charge in [-0.05, 0) is 61.5 Å². The van der Waals surface area contributed by atoms with Gasteiger partial charge in [0.25, 0.3) is 5.56 Å². The lowest BCUT2D eigenvalue weighted by Crippen LogP contribution is -2.23. The van der Waals surface area contributed by atoms with Crippen molar-refractivity contribution in [2.45, 2.75) is 6.92 Å². The standard InChI is InChI=1S/C26H19N5O3S/c1-2-33-20-12-10-17(11-13-20)23-18(16-30(28-23)19-7-4-3-5-8-19)15-22-25(32)31-26(35-22)27-24(29-31)21-9-6-14-34-21/h3-16H,2H2,1H3/b22-15-. The molecule has 0 bridgehead atoms. The molecule has 172 valence electrons. The Bertz CT molecular complexity index is 1720. The van der Waals surface area contributed by atoms with Crippen LogP contribution < -0.4 is 14.8 Å². The lowest BCUT2D eigenvalue weighted by molar-refractivity contribution is 0.340. The SMILES string of the molecule is CCOc1ccc(-c2nn(-c3ccccc3)cc2/C=c2\sc3nc(-c4ccco4)nn3c2=O)cc1. The van der Waals surface area contributed by atoms with Crippen molar-refractivity contribution in [1.82, 2.24) is 24.4 Å². The number of hydrogen-bond donors (Lipinski definition) is 0. The van der Waals surface area contributed by atoms with Gasteiger partial charge in [-0.3, -0.25) is 4.79 Å². The van der Waals surface area contributed by atoms with E-state index in [1.54, 1.807) is 18.4 Å². The van der Waals surface area contributed by atoms with Crippen molar-refractivity contribution < 1.29 is 9.15 Å². The molecule has 0 fully saturated rings. The molecule has 35 heavy (non-hydrogen) atoms. The normalized spacial score (nSPS) is 12.0. The Balaban J connectivity index is 1.47. The van der Waals surface area contributed by atoms with Gasteiger partial charge in [0.05, 0.1) is 23.1 Å². The van der Waals surface area contributed by atoms with Crippen LogP contribution in [0.2, 0.25) is 0 Å². The van der Waals surface area contributed by atoms with E-state index in [2.05, 4.69) is 10.1 Å². The smallest absolute Gasteiger partial charge is 0.291 e. The molecule has 6 aromatic rings. The van der Waals surface area contributed by atoms with E-state index >= 15 is 0 Å². The van der Waals surface area contributed by atoms with E-state index < -0.39 is 0 Å². The lowest BCUT2D eigenvalue weighted by Gasteiger charge is -2.04. The number of ether oxygens (including phenoxy) is 1. The number of hydrogen-bond acceptors (Lipinski definition) is 7. The molecule has 8 nitrogen and oxygen atoms in total. The second-order valence-corrected chi connectivity index (χ2v) is 8.70. The van der Waals surface area contributed by atoms with Crippen LogP contribution in [0.15, 0.2) is 88.4 Å². The van der Waals surface area contributed by atoms with Gasteiger partial charge in [0.1, 0.15) is 11.4 Å². The summed E-state index contributed by atoms with van der Waals surface area (Å²) in [6, 6.07) is 21.1. The summed E-state index contributed by atoms with van der Waals surface area (Å²) < 4.78 is 14.6. The van der Waals surface area contributed by atoms with Crippen molar-refractivity contribution in [2.24, 2.45) is 0 Å². The molecule has 2 aromatic carbocycles. The molecular formula is C26H19N5O3S. The number of para-hydroxylation sites is 1. The first-order chi connectivity index (χ1) is 17.2. The summed E-state index contributed by atoms with van der Waals surface area (Å²) in [5, 5.41) is 9.17. The van der Waals surface area contributed by atoms with Crippen molar-refractivity contribution in [2.75, 3.05) is 6.61 Å². The topological polar surface area (TPSA) is 87.4 Å². The Labute approximate surface area is 203 Å². The van der Waals surface area contributed by atoms with Gasteiger partial charge in [-0.2, -0.15) is 14.6 Å². The van der Waals surface area contributed by atoms with Crippen molar-refractivity contribution >= 4 is 22.4 Å². The third-order valence-corrected chi connectivity index (χ3v) is 6.37. The molecule has 9 heteroatoms. The van der Waals surface area contributed by atoms with E-state index in [1.807, 2.05) is 78.5 Å². The van der Waals surface area contributed by atoms with Gasteiger partial charge in [-0.15, -0.1) is 5.10 Å². The van der Waals surface area contributed by atoms with E-state index in [-0.39, 0.29) is 5.56 Å². The van der Waals surface area contributed by atoms with Gasteiger partial charge in [0.15, 0.2) is 5.76 Å². The summed E-state index contributed by atoms with van der Waals surface area (Å²) in [7, 11) is 0. The molecule has 0 aliphatic heterocycles. The maximum atomic E-state index is 13.1. The van der Waals surface area contributed by atoms with Crippen LogP contribution in [0.5, 0.6) is 5.75 Å². The Hall–Kier alpha value is -4.50. The van der Waals surface area contributed by atoms with E-state index in [0.29, 0.717) is 27.7 Å². The molecule has 0 saturated carbocycles. The molecule has 6 rings (SSSR count). The highest BCUT2D eigenvalue weighted by Crippen LogP contribution is 2.26. The second-order valence-electron chi connectivity index (χ2n) is 7.69. The molecule has 0 N–H and O–H groups in total. The van der Waals surface area contributed by atoms with Crippen molar-refractivity contribution in [3.05, 3.63) is 99.6 Å². The molecule has 0 aliphatic rings. The number of fused-ring (bicyclic) bond motifs is 1. The first-order valence-corrected chi connectivity index (χ1v) is 11.8. The Morgan fingerprint density at radius 2 is 1.86 bits per heavy atom. The lowest BCUT2D eigenvalue weighted by atomic mass is 10.1. The van der Waals surface area contributed by atoms with Crippen LogP contribution in [-0.4, -0.2) is 31.0 Å². The first kappa shape index (κ1) is 21.1. The van der Waals surface area contributed by atoms with Gasteiger partial charge in [0, 0.05) is 17.3 Å². The quantitative estimate of drug-likeness (QED) is 0.354. The molecular weight excluding hydrogens is 462 g/mol. The molecule has 0 saturated heterocycles. The zero-order valence-corrected chi connectivity index (χ0v) is 19.5. The van der Waals surface area contributed by atoms with Crippen LogP contribution in [0.1, 0.15) is 12.5 Å². The highest BCUT2D eigenvalue weighted by Gasteiger charge is 2.16. The Morgan fingerprint density at radius 3 is 2.57 bits per heavy atom. The van der Waals surface area contributed by atoms with Gasteiger partial charge in [-0.1, -0.05) is 29.5 Å². The summed E-state index contributed by atoms with van der Waals surface area (Å²) in [6.45, 7) is 2.55. The molecule has 4 heterocycles. The van der Waals surface area contributed by atoms with Crippen molar-refractivity contribution in [3.63, 3.8) is 0 Å². The number of benzene rings is 2. The maximum Gasteiger partial charge on any atom is 0.291 e. The number of rotatable bonds is 6. The van der Waals surface area contributed by atoms with Gasteiger partial charge in [-0.25, -0.2) is 4.68 Å². The van der Waals surface area contributed by atoms with Crippen molar-refractivity contribution in [1.29, 1.82) is 0 Å². The minimum absolute atomic E-state index is 0.236. The number of thiazole rings is 1. The second kappa shape index (κ2) is 8.69. The fourth-order valence-corrected chi connectivity index (χ4v) is 4.69. The van der Waals surface area contributed by atoms with Crippen LogP contribution in [0, 0.1) is 0 Å².